The van der Waals surface area contributed by atoms with Crippen molar-refractivity contribution in [3.8, 4) is 17.2 Å². The van der Waals surface area contributed by atoms with Gasteiger partial charge in [-0.25, -0.2) is 0 Å². The Hall–Kier alpha value is -3.00. The molecule has 0 spiro atoms. The fourth-order valence-electron chi connectivity index (χ4n) is 2.24. The van der Waals surface area contributed by atoms with Gasteiger partial charge in [-0.05, 0) is 38.1 Å². The first-order valence-electron chi connectivity index (χ1n) is 8.01. The highest BCUT2D eigenvalue weighted by Crippen LogP contribution is 2.38. The molecule has 0 saturated carbocycles. The van der Waals surface area contributed by atoms with E-state index >= 15 is 0 Å². The van der Waals surface area contributed by atoms with Crippen LogP contribution < -0.4 is 19.6 Å². The average molecular weight is 394 g/mol. The molecular formula is C18H20ClN3O5. The number of nitro groups is 1. The number of methoxy groups -OCH3 is 2. The number of ether oxygens (including phenoxy) is 3. The highest BCUT2D eigenvalue weighted by molar-refractivity contribution is 6.32. The number of hydrogen-bond acceptors (Lipinski definition) is 7. The molecule has 2 aromatic carbocycles. The molecule has 0 bridgehead atoms. The van der Waals surface area contributed by atoms with E-state index in [2.05, 4.69) is 10.5 Å². The molecular weight excluding hydrogens is 374 g/mol. The van der Waals surface area contributed by atoms with Crippen LogP contribution in [0.3, 0.4) is 0 Å². The van der Waals surface area contributed by atoms with Gasteiger partial charge < -0.3 is 14.2 Å². The van der Waals surface area contributed by atoms with Gasteiger partial charge in [-0.15, -0.1) is 0 Å². The standard InChI is InChI=1S/C18H20ClN3O5/c1-11(2)27-18-15(22(23)24)7-12(8-17(18)26-4)10-20-21-13-5-6-16(25-3)14(19)9-13/h5-11,21H,1-4H3/b20-10+. The van der Waals surface area contributed by atoms with Gasteiger partial charge in [-0.3, -0.25) is 15.5 Å². The van der Waals surface area contributed by atoms with E-state index in [1.807, 2.05) is 0 Å². The van der Waals surface area contributed by atoms with E-state index in [1.165, 1.54) is 26.5 Å². The third-order valence-electron chi connectivity index (χ3n) is 3.39. The van der Waals surface area contributed by atoms with Crippen molar-refractivity contribution >= 4 is 29.2 Å². The first-order valence-corrected chi connectivity index (χ1v) is 8.39. The van der Waals surface area contributed by atoms with E-state index in [9.17, 15) is 10.1 Å². The SMILES string of the molecule is COc1ccc(N/N=C/c2cc(OC)c(OC(C)C)c([N+](=O)[O-])c2)cc1Cl. The summed E-state index contributed by atoms with van der Waals surface area (Å²) in [6.07, 6.45) is 1.20. The molecule has 0 heterocycles. The lowest BCUT2D eigenvalue weighted by molar-refractivity contribution is -0.386. The number of hydrazone groups is 1. The van der Waals surface area contributed by atoms with Crippen molar-refractivity contribution in [3.63, 3.8) is 0 Å². The summed E-state index contributed by atoms with van der Waals surface area (Å²) >= 11 is 6.06. The zero-order chi connectivity index (χ0) is 20.0. The fraction of sp³-hybridized carbons (Fsp3) is 0.278. The van der Waals surface area contributed by atoms with Gasteiger partial charge in [-0.1, -0.05) is 11.6 Å². The van der Waals surface area contributed by atoms with Crippen LogP contribution in [0.5, 0.6) is 17.2 Å². The Morgan fingerprint density at radius 3 is 2.44 bits per heavy atom. The quantitative estimate of drug-likeness (QED) is 0.403. The maximum absolute atomic E-state index is 11.4. The minimum Gasteiger partial charge on any atom is -0.495 e. The third kappa shape index (κ3) is 5.24. The molecule has 2 aromatic rings. The topological polar surface area (TPSA) is 95.2 Å². The van der Waals surface area contributed by atoms with Crippen molar-refractivity contribution in [3.05, 3.63) is 51.0 Å². The van der Waals surface area contributed by atoms with Gasteiger partial charge in [-0.2, -0.15) is 5.10 Å². The van der Waals surface area contributed by atoms with E-state index in [0.717, 1.165) is 0 Å². The molecule has 0 aromatic heterocycles. The molecule has 0 atom stereocenters. The summed E-state index contributed by atoms with van der Waals surface area (Å²) in [7, 11) is 2.95. The predicted molar refractivity (Wildman–Crippen MR) is 105 cm³/mol. The van der Waals surface area contributed by atoms with Crippen LogP contribution in [-0.4, -0.2) is 31.5 Å². The van der Waals surface area contributed by atoms with Crippen LogP contribution in [0.2, 0.25) is 5.02 Å². The molecule has 8 nitrogen and oxygen atoms in total. The number of nitro benzene ring substituents is 1. The zero-order valence-corrected chi connectivity index (χ0v) is 16.1. The van der Waals surface area contributed by atoms with Crippen LogP contribution in [0.25, 0.3) is 0 Å². The van der Waals surface area contributed by atoms with Crippen LogP contribution in [0.15, 0.2) is 35.4 Å². The number of halogens is 1. The van der Waals surface area contributed by atoms with Crippen LogP contribution in [0.4, 0.5) is 11.4 Å². The fourth-order valence-corrected chi connectivity index (χ4v) is 2.50. The normalized spacial score (nSPS) is 10.9. The molecule has 0 aliphatic rings. The molecule has 0 saturated heterocycles. The molecule has 144 valence electrons. The van der Waals surface area contributed by atoms with Crippen molar-refractivity contribution in [1.29, 1.82) is 0 Å². The molecule has 0 radical (unpaired) electrons. The number of hydrogen-bond donors (Lipinski definition) is 1. The summed E-state index contributed by atoms with van der Waals surface area (Å²) in [5.41, 5.74) is 3.72. The highest BCUT2D eigenvalue weighted by Gasteiger charge is 2.22. The third-order valence-corrected chi connectivity index (χ3v) is 3.68. The number of nitrogens with one attached hydrogen (secondary N) is 1. The Morgan fingerprint density at radius 1 is 1.19 bits per heavy atom. The molecule has 27 heavy (non-hydrogen) atoms. The minimum absolute atomic E-state index is 0.0875. The smallest absolute Gasteiger partial charge is 0.315 e. The van der Waals surface area contributed by atoms with Crippen molar-refractivity contribution in [2.45, 2.75) is 20.0 Å². The van der Waals surface area contributed by atoms with Crippen molar-refractivity contribution < 1.29 is 19.1 Å². The van der Waals surface area contributed by atoms with Gasteiger partial charge in [0, 0.05) is 11.6 Å². The largest absolute Gasteiger partial charge is 0.495 e. The van der Waals surface area contributed by atoms with Crippen LogP contribution in [-0.2, 0) is 0 Å². The maximum atomic E-state index is 11.4. The molecule has 9 heteroatoms. The second kappa shape index (κ2) is 9.09. The summed E-state index contributed by atoms with van der Waals surface area (Å²) in [6, 6.07) is 8.07. The molecule has 2 rings (SSSR count). The summed E-state index contributed by atoms with van der Waals surface area (Å²) in [5.74, 6) is 0.892. The first-order chi connectivity index (χ1) is 12.8. The minimum atomic E-state index is -0.520. The van der Waals surface area contributed by atoms with Gasteiger partial charge in [0.2, 0.25) is 5.75 Å². The van der Waals surface area contributed by atoms with Crippen molar-refractivity contribution in [2.75, 3.05) is 19.6 Å². The van der Waals surface area contributed by atoms with Crippen LogP contribution in [0.1, 0.15) is 19.4 Å². The van der Waals surface area contributed by atoms with E-state index in [-0.39, 0.29) is 23.3 Å². The van der Waals surface area contributed by atoms with E-state index in [0.29, 0.717) is 22.0 Å². The Labute approximate surface area is 161 Å². The summed E-state index contributed by atoms with van der Waals surface area (Å²) in [4.78, 5) is 10.9. The second-order valence-electron chi connectivity index (χ2n) is 5.71. The van der Waals surface area contributed by atoms with Gasteiger partial charge in [0.15, 0.2) is 5.75 Å². The van der Waals surface area contributed by atoms with Gasteiger partial charge in [0.05, 0.1) is 42.2 Å². The van der Waals surface area contributed by atoms with Gasteiger partial charge in [0.25, 0.3) is 0 Å². The van der Waals surface area contributed by atoms with Crippen LogP contribution in [0, 0.1) is 10.1 Å². The second-order valence-corrected chi connectivity index (χ2v) is 6.12. The predicted octanol–water partition coefficient (Wildman–Crippen LogP) is 4.50. The summed E-state index contributed by atoms with van der Waals surface area (Å²) < 4.78 is 15.9. The zero-order valence-electron chi connectivity index (χ0n) is 15.4. The van der Waals surface area contributed by atoms with Crippen molar-refractivity contribution in [1.82, 2.24) is 0 Å². The number of nitrogens with zero attached hydrogens (tertiary/aromatic N) is 2. The monoisotopic (exact) mass is 393 g/mol. The molecule has 0 fully saturated rings. The number of anilines is 1. The number of benzene rings is 2. The first kappa shape index (κ1) is 20.3. The van der Waals surface area contributed by atoms with E-state index < -0.39 is 4.92 Å². The number of rotatable bonds is 8. The van der Waals surface area contributed by atoms with E-state index in [1.54, 1.807) is 38.1 Å². The van der Waals surface area contributed by atoms with Crippen molar-refractivity contribution in [2.24, 2.45) is 5.10 Å². The Balaban J connectivity index is 2.27. The molecule has 1 N–H and O–H groups in total. The van der Waals surface area contributed by atoms with Gasteiger partial charge in [0.1, 0.15) is 5.75 Å². The Kier molecular flexibility index (Phi) is 6.84. The summed E-state index contributed by atoms with van der Waals surface area (Å²) in [5, 5.41) is 15.9. The Bertz CT molecular complexity index is 855. The van der Waals surface area contributed by atoms with Gasteiger partial charge >= 0.3 is 5.69 Å². The molecule has 0 aliphatic carbocycles. The lowest BCUT2D eigenvalue weighted by atomic mass is 10.2. The lowest BCUT2D eigenvalue weighted by Gasteiger charge is -2.14. The van der Waals surface area contributed by atoms with E-state index in [4.69, 9.17) is 25.8 Å². The average Bonchev–Trinajstić information content (AvgIpc) is 2.62. The molecule has 0 amide bonds. The summed E-state index contributed by atoms with van der Waals surface area (Å²) in [6.45, 7) is 3.56. The lowest BCUT2D eigenvalue weighted by Crippen LogP contribution is -2.09. The maximum Gasteiger partial charge on any atom is 0.315 e. The molecule has 0 aliphatic heterocycles. The molecule has 0 unspecified atom stereocenters. The van der Waals surface area contributed by atoms with Crippen LogP contribution >= 0.6 is 11.6 Å². The Morgan fingerprint density at radius 2 is 1.89 bits per heavy atom. The highest BCUT2D eigenvalue weighted by atomic mass is 35.5.